The monoisotopic (exact) mass is 254 g/mol. The highest BCUT2D eigenvalue weighted by Gasteiger charge is 2.13. The zero-order chi connectivity index (χ0) is 11.5. The predicted molar refractivity (Wildman–Crippen MR) is 70.0 cm³/mol. The van der Waals surface area contributed by atoms with E-state index in [1.807, 2.05) is 31.2 Å². The molecule has 92 valence electrons. The molecule has 2 rings (SSSR count). The summed E-state index contributed by atoms with van der Waals surface area (Å²) >= 11 is 0. The average molecular weight is 255 g/mol. The lowest BCUT2D eigenvalue weighted by atomic mass is 10.1. The third-order valence-corrected chi connectivity index (χ3v) is 2.59. The van der Waals surface area contributed by atoms with Crippen molar-refractivity contribution in [2.24, 2.45) is 10.9 Å². The molecule has 0 saturated heterocycles. The van der Waals surface area contributed by atoms with Gasteiger partial charge < -0.3 is 15.4 Å². The third-order valence-electron chi connectivity index (χ3n) is 2.59. The van der Waals surface area contributed by atoms with Crippen LogP contribution in [0.1, 0.15) is 18.2 Å². The predicted octanol–water partition coefficient (Wildman–Crippen LogP) is 2.71. The number of benzene rings is 1. The van der Waals surface area contributed by atoms with Crippen LogP contribution in [0.4, 0.5) is 0 Å². The van der Waals surface area contributed by atoms with Crippen LogP contribution in [0, 0.1) is 0 Å². The Morgan fingerprint density at radius 1 is 1.41 bits per heavy atom. The van der Waals surface area contributed by atoms with E-state index in [2.05, 4.69) is 5.16 Å². The molecular weight excluding hydrogens is 240 g/mol. The summed E-state index contributed by atoms with van der Waals surface area (Å²) in [5, 5.41) is 12.6. The van der Waals surface area contributed by atoms with Crippen molar-refractivity contribution in [1.82, 2.24) is 0 Å². The lowest BCUT2D eigenvalue weighted by Gasteiger charge is -1.99. The Kier molecular flexibility index (Phi) is 4.40. The zero-order valence-electron chi connectivity index (χ0n) is 9.51. The normalized spacial score (nSPS) is 11.5. The van der Waals surface area contributed by atoms with Crippen molar-refractivity contribution in [2.75, 3.05) is 0 Å². The minimum atomic E-state index is 0. The van der Waals surface area contributed by atoms with Gasteiger partial charge in [-0.3, -0.25) is 0 Å². The molecule has 17 heavy (non-hydrogen) atoms. The van der Waals surface area contributed by atoms with E-state index in [1.165, 1.54) is 0 Å². The van der Waals surface area contributed by atoms with Gasteiger partial charge in [0.15, 0.2) is 0 Å². The van der Waals surface area contributed by atoms with E-state index in [4.69, 9.17) is 15.4 Å². The number of amidine groups is 1. The summed E-state index contributed by atoms with van der Waals surface area (Å²) in [6.07, 6.45) is 1.21. The summed E-state index contributed by atoms with van der Waals surface area (Å²) in [5.74, 6) is 1.09. The molecule has 1 heterocycles. The quantitative estimate of drug-likeness (QED) is 0.383. The Bertz CT molecular complexity index is 534. The SMILES string of the molecule is CCc1oc2ccccc2c1C/C(N)=N/O.Cl. The summed E-state index contributed by atoms with van der Waals surface area (Å²) in [6.45, 7) is 2.02. The number of nitrogens with two attached hydrogens (primary N) is 1. The fourth-order valence-corrected chi connectivity index (χ4v) is 1.85. The number of nitrogens with zero attached hydrogens (tertiary/aromatic N) is 1. The first kappa shape index (κ1) is 13.4. The molecule has 0 aliphatic rings. The highest BCUT2D eigenvalue weighted by molar-refractivity contribution is 5.90. The number of para-hydroxylation sites is 1. The molecule has 0 fully saturated rings. The first-order chi connectivity index (χ1) is 7.76. The van der Waals surface area contributed by atoms with Crippen LogP contribution in [0.25, 0.3) is 11.0 Å². The Balaban J connectivity index is 0.00000144. The summed E-state index contributed by atoms with van der Waals surface area (Å²) in [4.78, 5) is 0. The molecule has 0 unspecified atom stereocenters. The van der Waals surface area contributed by atoms with Crippen molar-refractivity contribution in [3.63, 3.8) is 0 Å². The Morgan fingerprint density at radius 2 is 2.12 bits per heavy atom. The largest absolute Gasteiger partial charge is 0.461 e. The van der Waals surface area contributed by atoms with Crippen molar-refractivity contribution >= 4 is 29.2 Å². The first-order valence-corrected chi connectivity index (χ1v) is 5.22. The summed E-state index contributed by atoms with van der Waals surface area (Å²) in [6, 6.07) is 7.79. The Hall–Kier alpha value is -1.68. The highest BCUT2D eigenvalue weighted by Crippen LogP contribution is 2.26. The third kappa shape index (κ3) is 2.53. The molecule has 0 amide bonds. The fraction of sp³-hybridized carbons (Fsp3) is 0.250. The molecule has 1 aromatic heterocycles. The molecule has 0 aliphatic carbocycles. The van der Waals surface area contributed by atoms with Gasteiger partial charge in [0.1, 0.15) is 17.2 Å². The van der Waals surface area contributed by atoms with Gasteiger partial charge in [0, 0.05) is 23.8 Å². The molecule has 4 nitrogen and oxygen atoms in total. The van der Waals surface area contributed by atoms with Crippen LogP contribution in [0.3, 0.4) is 0 Å². The molecular formula is C12H15ClN2O2. The van der Waals surface area contributed by atoms with Crippen molar-refractivity contribution in [3.8, 4) is 0 Å². The number of rotatable bonds is 3. The molecule has 0 radical (unpaired) electrons. The van der Waals surface area contributed by atoms with Gasteiger partial charge in [-0.1, -0.05) is 30.3 Å². The molecule has 0 bridgehead atoms. The standard InChI is InChI=1S/C12H14N2O2.ClH/c1-2-10-9(7-12(13)14-15)8-5-3-4-6-11(8)16-10;/h3-6,15H,2,7H2,1H3,(H2,13,14);1H. The van der Waals surface area contributed by atoms with Gasteiger partial charge in [-0.05, 0) is 6.07 Å². The first-order valence-electron chi connectivity index (χ1n) is 5.22. The molecule has 0 spiro atoms. The average Bonchev–Trinajstić information content (AvgIpc) is 2.67. The van der Waals surface area contributed by atoms with Crippen LogP contribution in [0.5, 0.6) is 0 Å². The van der Waals surface area contributed by atoms with Crippen molar-refractivity contribution in [2.45, 2.75) is 19.8 Å². The number of halogens is 1. The molecule has 1 aromatic carbocycles. The van der Waals surface area contributed by atoms with Crippen LogP contribution in [-0.2, 0) is 12.8 Å². The van der Waals surface area contributed by atoms with Crippen LogP contribution in [0.15, 0.2) is 33.8 Å². The second-order valence-corrected chi connectivity index (χ2v) is 3.62. The number of aryl methyl sites for hydroxylation is 1. The summed E-state index contributed by atoms with van der Waals surface area (Å²) < 4.78 is 5.70. The van der Waals surface area contributed by atoms with E-state index in [0.29, 0.717) is 6.42 Å². The van der Waals surface area contributed by atoms with Gasteiger partial charge >= 0.3 is 0 Å². The second kappa shape index (κ2) is 5.59. The lowest BCUT2D eigenvalue weighted by molar-refractivity contribution is 0.317. The van der Waals surface area contributed by atoms with Gasteiger partial charge in [-0.15, -0.1) is 12.4 Å². The molecule has 0 atom stereocenters. The van der Waals surface area contributed by atoms with E-state index in [0.717, 1.165) is 28.7 Å². The maximum atomic E-state index is 8.60. The number of fused-ring (bicyclic) bond motifs is 1. The van der Waals surface area contributed by atoms with Crippen LogP contribution in [0.2, 0.25) is 0 Å². The van der Waals surface area contributed by atoms with E-state index < -0.39 is 0 Å². The Morgan fingerprint density at radius 3 is 2.76 bits per heavy atom. The van der Waals surface area contributed by atoms with Gasteiger partial charge in [-0.2, -0.15) is 0 Å². The fourth-order valence-electron chi connectivity index (χ4n) is 1.85. The number of hydrogen-bond acceptors (Lipinski definition) is 3. The number of furan rings is 1. The molecule has 0 saturated carbocycles. The second-order valence-electron chi connectivity index (χ2n) is 3.62. The number of oxime groups is 1. The van der Waals surface area contributed by atoms with E-state index in [-0.39, 0.29) is 18.2 Å². The molecule has 5 heteroatoms. The van der Waals surface area contributed by atoms with Crippen LogP contribution >= 0.6 is 12.4 Å². The van der Waals surface area contributed by atoms with Crippen LogP contribution < -0.4 is 5.73 Å². The molecule has 2 aromatic rings. The minimum Gasteiger partial charge on any atom is -0.461 e. The zero-order valence-corrected chi connectivity index (χ0v) is 10.3. The van der Waals surface area contributed by atoms with Crippen molar-refractivity contribution in [3.05, 3.63) is 35.6 Å². The number of hydrogen-bond donors (Lipinski definition) is 2. The maximum absolute atomic E-state index is 8.60. The lowest BCUT2D eigenvalue weighted by Crippen LogP contribution is -2.15. The Labute approximate surface area is 106 Å². The summed E-state index contributed by atoms with van der Waals surface area (Å²) in [5.41, 5.74) is 7.39. The van der Waals surface area contributed by atoms with Crippen LogP contribution in [-0.4, -0.2) is 11.0 Å². The summed E-state index contributed by atoms with van der Waals surface area (Å²) in [7, 11) is 0. The molecule has 3 N–H and O–H groups in total. The maximum Gasteiger partial charge on any atom is 0.143 e. The minimum absolute atomic E-state index is 0. The highest BCUT2D eigenvalue weighted by atomic mass is 35.5. The molecule has 0 aliphatic heterocycles. The smallest absolute Gasteiger partial charge is 0.143 e. The van der Waals surface area contributed by atoms with E-state index in [1.54, 1.807) is 0 Å². The van der Waals surface area contributed by atoms with Gasteiger partial charge in [0.05, 0.1) is 0 Å². The van der Waals surface area contributed by atoms with Crippen molar-refractivity contribution in [1.29, 1.82) is 0 Å². The van der Waals surface area contributed by atoms with Gasteiger partial charge in [-0.25, -0.2) is 0 Å². The van der Waals surface area contributed by atoms with Crippen molar-refractivity contribution < 1.29 is 9.62 Å². The van der Waals surface area contributed by atoms with E-state index >= 15 is 0 Å². The topological polar surface area (TPSA) is 71.8 Å². The van der Waals surface area contributed by atoms with E-state index in [9.17, 15) is 0 Å². The van der Waals surface area contributed by atoms with Gasteiger partial charge in [0.2, 0.25) is 0 Å². The van der Waals surface area contributed by atoms with Gasteiger partial charge in [0.25, 0.3) is 0 Å².